The highest BCUT2D eigenvalue weighted by atomic mass is 19.2. The fraction of sp³-hybridized carbons (Fsp3) is 0.125. The lowest BCUT2D eigenvalue weighted by molar-refractivity contribution is -0.130. The van der Waals surface area contributed by atoms with Gasteiger partial charge in [-0.1, -0.05) is 24.3 Å². The number of para-hydroxylation sites is 1. The molecule has 0 saturated carbocycles. The summed E-state index contributed by atoms with van der Waals surface area (Å²) < 4.78 is 50.6. The lowest BCUT2D eigenvalue weighted by Crippen LogP contribution is -2.40. The summed E-state index contributed by atoms with van der Waals surface area (Å²) in [6.07, 6.45) is -1.26. The minimum atomic E-state index is -1.74. The van der Waals surface area contributed by atoms with Crippen LogP contribution in [0.15, 0.2) is 66.7 Å². The van der Waals surface area contributed by atoms with Crippen molar-refractivity contribution in [1.29, 1.82) is 0 Å². The zero-order valence-corrected chi connectivity index (χ0v) is 17.8. The van der Waals surface area contributed by atoms with Crippen molar-refractivity contribution in [2.75, 3.05) is 11.9 Å². The predicted octanol–water partition coefficient (Wildman–Crippen LogP) is 4.20. The van der Waals surface area contributed by atoms with Crippen LogP contribution in [0.5, 0.6) is 11.5 Å². The minimum Gasteiger partial charge on any atom is -0.457 e. The molecule has 0 aliphatic carbocycles. The van der Waals surface area contributed by atoms with Gasteiger partial charge in [-0.25, -0.2) is 18.0 Å². The first-order chi connectivity index (χ1) is 16.2. The number of esters is 1. The molecule has 0 bridgehead atoms. The van der Waals surface area contributed by atoms with Crippen molar-refractivity contribution >= 4 is 23.5 Å². The van der Waals surface area contributed by atoms with Crippen LogP contribution >= 0.6 is 0 Å². The molecule has 0 spiro atoms. The molecule has 7 nitrogen and oxygen atoms in total. The standard InChI is InChI=1S/C24H19F3N2O5/c1-14(23(31)28-13-20(30)29-19-11-10-18(25)21(26)22(19)27)33-24(32)15-6-5-9-17(12-15)34-16-7-3-2-4-8-16/h2-12,14H,13H2,1H3,(H,28,31)(H,29,30). The second kappa shape index (κ2) is 11.0. The van der Waals surface area contributed by atoms with Crippen molar-refractivity contribution < 1.29 is 37.0 Å². The number of nitrogens with one attached hydrogen (secondary N) is 2. The Morgan fingerprint density at radius 1 is 0.882 bits per heavy atom. The van der Waals surface area contributed by atoms with Crippen molar-refractivity contribution in [3.05, 3.63) is 89.7 Å². The topological polar surface area (TPSA) is 93.7 Å². The molecule has 34 heavy (non-hydrogen) atoms. The Bertz CT molecular complexity index is 1200. The number of halogens is 3. The molecule has 0 aromatic heterocycles. The molecular formula is C24H19F3N2O5. The molecule has 0 saturated heterocycles. The second-order valence-electron chi connectivity index (χ2n) is 6.98. The third-order valence-corrected chi connectivity index (χ3v) is 4.43. The number of anilines is 1. The van der Waals surface area contributed by atoms with E-state index in [0.29, 0.717) is 17.6 Å². The molecule has 1 unspecified atom stereocenters. The zero-order valence-electron chi connectivity index (χ0n) is 17.8. The number of carbonyl (C=O) groups is 3. The Hall–Kier alpha value is -4.34. The third-order valence-electron chi connectivity index (χ3n) is 4.43. The lowest BCUT2D eigenvalue weighted by atomic mass is 10.2. The van der Waals surface area contributed by atoms with Gasteiger partial charge in [-0.15, -0.1) is 0 Å². The van der Waals surface area contributed by atoms with Crippen molar-refractivity contribution in [3.63, 3.8) is 0 Å². The summed E-state index contributed by atoms with van der Waals surface area (Å²) in [5.74, 6) is -6.25. The van der Waals surface area contributed by atoms with Gasteiger partial charge in [0.2, 0.25) is 5.91 Å². The summed E-state index contributed by atoms with van der Waals surface area (Å²) in [5, 5.41) is 4.21. The normalized spacial score (nSPS) is 11.3. The van der Waals surface area contributed by atoms with Gasteiger partial charge in [0.1, 0.15) is 11.5 Å². The maximum absolute atomic E-state index is 13.6. The first kappa shape index (κ1) is 24.3. The average molecular weight is 472 g/mol. The minimum absolute atomic E-state index is 0.139. The van der Waals surface area contributed by atoms with Crippen LogP contribution in [0.3, 0.4) is 0 Å². The summed E-state index contributed by atoms with van der Waals surface area (Å²) in [5.41, 5.74) is -0.449. The van der Waals surface area contributed by atoms with Crippen molar-refractivity contribution in [3.8, 4) is 11.5 Å². The number of ether oxygens (including phenoxy) is 2. The second-order valence-corrected chi connectivity index (χ2v) is 6.98. The van der Waals surface area contributed by atoms with Gasteiger partial charge in [-0.3, -0.25) is 9.59 Å². The van der Waals surface area contributed by atoms with Gasteiger partial charge >= 0.3 is 5.97 Å². The number of hydrogen-bond donors (Lipinski definition) is 2. The van der Waals surface area contributed by atoms with Gasteiger partial charge in [0.25, 0.3) is 5.91 Å². The Morgan fingerprint density at radius 3 is 2.32 bits per heavy atom. The molecule has 1 atom stereocenters. The van der Waals surface area contributed by atoms with E-state index in [1.54, 1.807) is 36.4 Å². The van der Waals surface area contributed by atoms with Gasteiger partial charge < -0.3 is 20.1 Å². The molecule has 3 aromatic rings. The molecule has 0 fully saturated rings. The fourth-order valence-electron chi connectivity index (χ4n) is 2.72. The quantitative estimate of drug-likeness (QED) is 0.379. The van der Waals surface area contributed by atoms with E-state index in [1.807, 2.05) is 11.4 Å². The van der Waals surface area contributed by atoms with Crippen LogP contribution in [0.2, 0.25) is 0 Å². The first-order valence-corrected chi connectivity index (χ1v) is 9.99. The average Bonchev–Trinajstić information content (AvgIpc) is 2.83. The molecule has 0 radical (unpaired) electrons. The molecule has 2 amide bonds. The van der Waals surface area contributed by atoms with Crippen LogP contribution in [-0.4, -0.2) is 30.4 Å². The van der Waals surface area contributed by atoms with Crippen molar-refractivity contribution in [2.45, 2.75) is 13.0 Å². The number of rotatable bonds is 8. The van der Waals surface area contributed by atoms with Crippen LogP contribution in [0, 0.1) is 17.5 Å². The van der Waals surface area contributed by atoms with Gasteiger partial charge in [-0.2, -0.15) is 0 Å². The van der Waals surface area contributed by atoms with Crippen LogP contribution < -0.4 is 15.4 Å². The SMILES string of the molecule is CC(OC(=O)c1cccc(Oc2ccccc2)c1)C(=O)NCC(=O)Nc1ccc(F)c(F)c1F. The molecular weight excluding hydrogens is 453 g/mol. The number of hydrogen-bond acceptors (Lipinski definition) is 5. The summed E-state index contributed by atoms with van der Waals surface area (Å²) in [4.78, 5) is 36.4. The van der Waals surface area contributed by atoms with E-state index < -0.39 is 53.6 Å². The van der Waals surface area contributed by atoms with Crippen LogP contribution in [0.4, 0.5) is 18.9 Å². The molecule has 3 rings (SSSR count). The smallest absolute Gasteiger partial charge is 0.339 e. The van der Waals surface area contributed by atoms with Gasteiger partial charge in [-0.05, 0) is 49.4 Å². The van der Waals surface area contributed by atoms with E-state index in [2.05, 4.69) is 5.32 Å². The highest BCUT2D eigenvalue weighted by Crippen LogP contribution is 2.22. The first-order valence-electron chi connectivity index (χ1n) is 9.99. The summed E-state index contributed by atoms with van der Waals surface area (Å²) >= 11 is 0. The van der Waals surface area contributed by atoms with Crippen LogP contribution in [0.25, 0.3) is 0 Å². The largest absolute Gasteiger partial charge is 0.457 e. The fourth-order valence-corrected chi connectivity index (χ4v) is 2.72. The summed E-state index contributed by atoms with van der Waals surface area (Å²) in [6.45, 7) is 0.671. The predicted molar refractivity (Wildman–Crippen MR) is 116 cm³/mol. The molecule has 0 aliphatic rings. The molecule has 10 heteroatoms. The van der Waals surface area contributed by atoms with E-state index in [1.165, 1.54) is 19.1 Å². The highest BCUT2D eigenvalue weighted by Gasteiger charge is 2.21. The van der Waals surface area contributed by atoms with Gasteiger partial charge in [0, 0.05) is 0 Å². The van der Waals surface area contributed by atoms with E-state index >= 15 is 0 Å². The Balaban J connectivity index is 1.51. The van der Waals surface area contributed by atoms with E-state index in [9.17, 15) is 27.6 Å². The Labute approximate surface area is 192 Å². The van der Waals surface area contributed by atoms with E-state index in [-0.39, 0.29) is 5.56 Å². The van der Waals surface area contributed by atoms with E-state index in [0.717, 1.165) is 6.07 Å². The molecule has 0 aliphatic heterocycles. The van der Waals surface area contributed by atoms with Crippen LogP contribution in [0.1, 0.15) is 17.3 Å². The Morgan fingerprint density at radius 2 is 1.59 bits per heavy atom. The molecule has 176 valence electrons. The van der Waals surface area contributed by atoms with Crippen molar-refractivity contribution in [1.82, 2.24) is 5.32 Å². The maximum Gasteiger partial charge on any atom is 0.339 e. The van der Waals surface area contributed by atoms with Crippen LogP contribution in [-0.2, 0) is 14.3 Å². The lowest BCUT2D eigenvalue weighted by Gasteiger charge is -2.14. The highest BCUT2D eigenvalue weighted by molar-refractivity contribution is 5.96. The van der Waals surface area contributed by atoms with E-state index in [4.69, 9.17) is 9.47 Å². The third kappa shape index (κ3) is 6.35. The monoisotopic (exact) mass is 472 g/mol. The number of benzene rings is 3. The molecule has 3 aromatic carbocycles. The van der Waals surface area contributed by atoms with Gasteiger partial charge in [0.15, 0.2) is 23.6 Å². The maximum atomic E-state index is 13.6. The summed E-state index contributed by atoms with van der Waals surface area (Å²) in [6, 6.07) is 16.6. The molecule has 0 heterocycles. The summed E-state index contributed by atoms with van der Waals surface area (Å²) in [7, 11) is 0. The number of carbonyl (C=O) groups excluding carboxylic acids is 3. The Kier molecular flexibility index (Phi) is 7.86. The van der Waals surface area contributed by atoms with Gasteiger partial charge in [0.05, 0.1) is 17.8 Å². The molecule has 2 N–H and O–H groups in total. The number of amides is 2. The van der Waals surface area contributed by atoms with Crippen molar-refractivity contribution in [2.24, 2.45) is 0 Å². The zero-order chi connectivity index (χ0) is 24.7.